The van der Waals surface area contributed by atoms with Crippen LogP contribution >= 0.6 is 0 Å². The molecule has 0 aliphatic rings. The highest BCUT2D eigenvalue weighted by molar-refractivity contribution is 6.39. The highest BCUT2D eigenvalue weighted by atomic mass is 16.4. The monoisotopic (exact) mass is 142 g/mol. The van der Waals surface area contributed by atoms with Crippen LogP contribution in [0, 0.1) is 0 Å². The van der Waals surface area contributed by atoms with Crippen LogP contribution in [0.25, 0.3) is 0 Å². The van der Waals surface area contributed by atoms with Crippen molar-refractivity contribution in [2.24, 2.45) is 0 Å². The number of carbonyl (C=O) groups is 2. The van der Waals surface area contributed by atoms with Crippen LogP contribution in [0.1, 0.15) is 13.3 Å². The van der Waals surface area contributed by atoms with E-state index < -0.39 is 5.91 Å². The molecule has 0 spiro atoms. The van der Waals surface area contributed by atoms with E-state index in [0.717, 1.165) is 14.0 Å². The predicted octanol–water partition coefficient (Wildman–Crippen LogP) is -0.738. The van der Waals surface area contributed by atoms with Crippen LogP contribution in [-0.4, -0.2) is 26.4 Å². The van der Waals surface area contributed by atoms with Gasteiger partial charge in [-0.05, 0) is 6.42 Å². The Balaban J connectivity index is 3.03. The molecule has 0 rings (SSSR count). The molecule has 0 fully saturated rings. The summed E-state index contributed by atoms with van der Waals surface area (Å²) in [4.78, 5) is 19.9. The molecule has 0 heterocycles. The molecule has 0 aromatic carbocycles. The lowest BCUT2D eigenvalue weighted by Gasteiger charge is -1.97. The van der Waals surface area contributed by atoms with Crippen molar-refractivity contribution >= 4 is 19.8 Å². The first-order valence-corrected chi connectivity index (χ1v) is 3.00. The van der Waals surface area contributed by atoms with Crippen LogP contribution in [0.15, 0.2) is 0 Å². The van der Waals surface area contributed by atoms with E-state index in [4.69, 9.17) is 4.65 Å². The van der Waals surface area contributed by atoms with Gasteiger partial charge in [0.15, 0.2) is 0 Å². The predicted molar refractivity (Wildman–Crippen MR) is 36.2 cm³/mol. The minimum Gasteiger partial charge on any atom is -0.419 e. The van der Waals surface area contributed by atoms with Crippen molar-refractivity contribution in [1.29, 1.82) is 0 Å². The number of hydrogen-bond donors (Lipinski definition) is 1. The molecule has 0 saturated carbocycles. The van der Waals surface area contributed by atoms with Crippen molar-refractivity contribution in [1.82, 2.24) is 5.23 Å². The van der Waals surface area contributed by atoms with Gasteiger partial charge in [-0.2, -0.15) is 0 Å². The Labute approximate surface area is 60.2 Å². The van der Waals surface area contributed by atoms with Crippen LogP contribution in [-0.2, 0) is 14.2 Å². The van der Waals surface area contributed by atoms with E-state index in [1.807, 2.05) is 6.92 Å². The van der Waals surface area contributed by atoms with Crippen LogP contribution in [0.3, 0.4) is 0 Å². The number of amides is 1. The molecule has 0 aromatic heterocycles. The van der Waals surface area contributed by atoms with Gasteiger partial charge < -0.3 is 9.88 Å². The van der Waals surface area contributed by atoms with Crippen molar-refractivity contribution in [3.63, 3.8) is 0 Å². The summed E-state index contributed by atoms with van der Waals surface area (Å²) >= 11 is 0. The molecule has 1 amide bonds. The molecule has 5 heteroatoms. The molecule has 0 bridgehead atoms. The lowest BCUT2D eigenvalue weighted by molar-refractivity contribution is -0.130. The Morgan fingerprint density at radius 2 is 2.50 bits per heavy atom. The zero-order valence-electron chi connectivity index (χ0n) is 5.79. The topological polar surface area (TPSA) is 55.4 Å². The van der Waals surface area contributed by atoms with Gasteiger partial charge in [-0.1, -0.05) is 6.92 Å². The highest BCUT2D eigenvalue weighted by Gasteiger charge is 1.97. The quantitative estimate of drug-likeness (QED) is 0.238. The van der Waals surface area contributed by atoms with Gasteiger partial charge in [0.1, 0.15) is 0 Å². The van der Waals surface area contributed by atoms with Crippen molar-refractivity contribution in [2.45, 2.75) is 13.3 Å². The average molecular weight is 142 g/mol. The Kier molecular flexibility index (Phi) is 5.76. The molecular weight excluding hydrogens is 133 g/mol. The van der Waals surface area contributed by atoms with E-state index in [1.165, 1.54) is 0 Å². The van der Waals surface area contributed by atoms with Crippen LogP contribution in [0.2, 0.25) is 0 Å². The maximum atomic E-state index is 10.2. The van der Waals surface area contributed by atoms with Gasteiger partial charge in [0.2, 0.25) is 6.29 Å². The van der Waals surface area contributed by atoms with Crippen molar-refractivity contribution in [2.75, 3.05) is 6.61 Å². The largest absolute Gasteiger partial charge is 0.438 e. The molecular formula is C5H9BNO3. The van der Waals surface area contributed by atoms with Gasteiger partial charge in [-0.25, -0.2) is 0 Å². The molecule has 1 radical (unpaired) electrons. The highest BCUT2D eigenvalue weighted by Crippen LogP contribution is 1.74. The van der Waals surface area contributed by atoms with Crippen molar-refractivity contribution in [3.05, 3.63) is 0 Å². The second-order valence-corrected chi connectivity index (χ2v) is 1.62. The maximum absolute atomic E-state index is 10.2. The molecule has 0 aliphatic heterocycles. The molecule has 0 saturated heterocycles. The van der Waals surface area contributed by atoms with E-state index in [9.17, 15) is 9.59 Å². The third-order valence-electron chi connectivity index (χ3n) is 0.714. The fourth-order valence-corrected chi connectivity index (χ4v) is 0.311. The first-order valence-electron chi connectivity index (χ1n) is 3.00. The number of aldehydes is 1. The first-order chi connectivity index (χ1) is 4.81. The summed E-state index contributed by atoms with van der Waals surface area (Å²) in [7, 11) is 1.11. The van der Waals surface area contributed by atoms with Crippen molar-refractivity contribution in [3.8, 4) is 0 Å². The number of hydrogen-bond acceptors (Lipinski definition) is 3. The Hall–Kier alpha value is -0.835. The Bertz CT molecular complexity index is 117. The van der Waals surface area contributed by atoms with E-state index in [2.05, 4.69) is 5.23 Å². The Morgan fingerprint density at radius 1 is 1.80 bits per heavy atom. The summed E-state index contributed by atoms with van der Waals surface area (Å²) in [6, 6.07) is 0. The van der Waals surface area contributed by atoms with E-state index >= 15 is 0 Å². The molecule has 0 aromatic rings. The molecule has 4 nitrogen and oxygen atoms in total. The smallest absolute Gasteiger partial charge is 0.419 e. The number of rotatable bonds is 5. The van der Waals surface area contributed by atoms with Crippen LogP contribution in [0.5, 0.6) is 0 Å². The standard InChI is InChI=1S/C5H9BNO3/c1-2-3-10-6-7-5(9)4-8/h4H,2-3H2,1H3,(H,7,9). The molecule has 10 heavy (non-hydrogen) atoms. The summed E-state index contributed by atoms with van der Waals surface area (Å²) < 4.78 is 4.74. The Morgan fingerprint density at radius 3 is 3.00 bits per heavy atom. The molecule has 0 aliphatic carbocycles. The summed E-state index contributed by atoms with van der Waals surface area (Å²) in [5, 5.41) is 2.11. The summed E-state index contributed by atoms with van der Waals surface area (Å²) in [6.07, 6.45) is 1.05. The molecule has 0 unspecified atom stereocenters. The second-order valence-electron chi connectivity index (χ2n) is 1.62. The SMILES string of the molecule is CCCO[B]NC(=O)C=O. The second kappa shape index (κ2) is 6.29. The van der Waals surface area contributed by atoms with Gasteiger partial charge in [-0.3, -0.25) is 9.59 Å². The fourth-order valence-electron chi connectivity index (χ4n) is 0.311. The third-order valence-corrected chi connectivity index (χ3v) is 0.714. The van der Waals surface area contributed by atoms with Gasteiger partial charge >= 0.3 is 7.62 Å². The zero-order valence-corrected chi connectivity index (χ0v) is 5.79. The summed E-state index contributed by atoms with van der Waals surface area (Å²) in [5.74, 6) is -0.698. The lowest BCUT2D eigenvalue weighted by atomic mass is 10.2. The van der Waals surface area contributed by atoms with E-state index in [0.29, 0.717) is 6.61 Å². The van der Waals surface area contributed by atoms with Crippen molar-refractivity contribution < 1.29 is 14.2 Å². The van der Waals surface area contributed by atoms with Crippen LogP contribution in [0.4, 0.5) is 0 Å². The molecule has 0 atom stereocenters. The van der Waals surface area contributed by atoms with Crippen LogP contribution < -0.4 is 5.23 Å². The average Bonchev–Trinajstić information content (AvgIpc) is 1.98. The lowest BCUT2D eigenvalue weighted by Crippen LogP contribution is -2.30. The minimum atomic E-state index is -0.698. The van der Waals surface area contributed by atoms with Gasteiger partial charge in [0.25, 0.3) is 5.91 Å². The zero-order chi connectivity index (χ0) is 7.82. The number of nitrogens with one attached hydrogen (secondary N) is 1. The number of carbonyl (C=O) groups excluding carboxylic acids is 2. The van der Waals surface area contributed by atoms with Gasteiger partial charge in [0.05, 0.1) is 0 Å². The van der Waals surface area contributed by atoms with Gasteiger partial charge in [-0.15, -0.1) is 0 Å². The van der Waals surface area contributed by atoms with E-state index in [1.54, 1.807) is 0 Å². The minimum absolute atomic E-state index is 0.186. The summed E-state index contributed by atoms with van der Waals surface area (Å²) in [6.45, 7) is 2.48. The normalized spacial score (nSPS) is 8.50. The third kappa shape index (κ3) is 5.30. The van der Waals surface area contributed by atoms with E-state index in [-0.39, 0.29) is 6.29 Å². The first kappa shape index (κ1) is 9.16. The van der Waals surface area contributed by atoms with Gasteiger partial charge in [0, 0.05) is 6.61 Å². The molecule has 1 N–H and O–H groups in total. The fraction of sp³-hybridized carbons (Fsp3) is 0.600. The maximum Gasteiger partial charge on any atom is 0.438 e. The summed E-state index contributed by atoms with van der Waals surface area (Å²) in [5.41, 5.74) is 0. The molecule has 55 valence electrons.